The molecule has 2 aromatic rings. The Morgan fingerprint density at radius 3 is 2.75 bits per heavy atom. The van der Waals surface area contributed by atoms with Gasteiger partial charge in [0.2, 0.25) is 0 Å². The summed E-state index contributed by atoms with van der Waals surface area (Å²) in [5.41, 5.74) is 1.42. The highest BCUT2D eigenvalue weighted by atomic mass is 19.2. The van der Waals surface area contributed by atoms with Gasteiger partial charge in [-0.25, -0.2) is 13.8 Å². The second kappa shape index (κ2) is 4.30. The Morgan fingerprint density at radius 2 is 2.12 bits per heavy atom. The fourth-order valence-corrected chi connectivity index (χ4v) is 1.36. The van der Waals surface area contributed by atoms with Gasteiger partial charge in [0.05, 0.1) is 18.4 Å². The molecule has 0 atom stereocenters. The second-order valence-electron chi connectivity index (χ2n) is 3.48. The van der Waals surface area contributed by atoms with E-state index in [0.717, 1.165) is 23.7 Å². The fraction of sp³-hybridized carbons (Fsp3) is 0.182. The van der Waals surface area contributed by atoms with Crippen LogP contribution in [0.15, 0.2) is 24.4 Å². The van der Waals surface area contributed by atoms with E-state index < -0.39 is 11.6 Å². The first-order valence-electron chi connectivity index (χ1n) is 4.84. The summed E-state index contributed by atoms with van der Waals surface area (Å²) in [4.78, 5) is 7.06. The van der Waals surface area contributed by atoms with E-state index in [2.05, 4.69) is 15.3 Å². The number of rotatable bonds is 3. The maximum absolute atomic E-state index is 12.9. The molecule has 16 heavy (non-hydrogen) atoms. The number of H-pyrrole nitrogens is 1. The zero-order chi connectivity index (χ0) is 11.5. The van der Waals surface area contributed by atoms with Crippen LogP contribution in [0.4, 0.5) is 14.5 Å². The standard InChI is InChI=1S/C11H11F2N3/c1-7-14-5-9(16-7)6-15-8-2-3-10(12)11(13)4-8/h2-5,15H,6H2,1H3,(H,14,16). The van der Waals surface area contributed by atoms with Crippen LogP contribution in [-0.4, -0.2) is 9.97 Å². The van der Waals surface area contributed by atoms with E-state index in [-0.39, 0.29) is 0 Å². The first kappa shape index (κ1) is 10.6. The van der Waals surface area contributed by atoms with Crippen LogP contribution in [0.1, 0.15) is 11.5 Å². The Bertz CT molecular complexity index is 494. The number of aromatic amines is 1. The van der Waals surface area contributed by atoms with Crippen molar-refractivity contribution in [1.29, 1.82) is 0 Å². The topological polar surface area (TPSA) is 40.7 Å². The third-order valence-electron chi connectivity index (χ3n) is 2.16. The maximum atomic E-state index is 12.9. The molecule has 0 aliphatic heterocycles. The van der Waals surface area contributed by atoms with Crippen molar-refractivity contribution in [2.45, 2.75) is 13.5 Å². The number of hydrogen-bond donors (Lipinski definition) is 2. The van der Waals surface area contributed by atoms with E-state index in [1.807, 2.05) is 6.92 Å². The Morgan fingerprint density at radius 1 is 1.31 bits per heavy atom. The third kappa shape index (κ3) is 2.36. The first-order valence-corrected chi connectivity index (χ1v) is 4.84. The Labute approximate surface area is 91.5 Å². The van der Waals surface area contributed by atoms with Crippen molar-refractivity contribution >= 4 is 5.69 Å². The van der Waals surface area contributed by atoms with Crippen LogP contribution in [0.5, 0.6) is 0 Å². The molecule has 1 heterocycles. The summed E-state index contributed by atoms with van der Waals surface area (Å²) in [5.74, 6) is -0.879. The van der Waals surface area contributed by atoms with Crippen molar-refractivity contribution in [3.8, 4) is 0 Å². The molecule has 0 unspecified atom stereocenters. The summed E-state index contributed by atoms with van der Waals surface area (Å²) in [6, 6.07) is 3.70. The number of imidazole rings is 1. The van der Waals surface area contributed by atoms with E-state index in [1.165, 1.54) is 6.07 Å². The summed E-state index contributed by atoms with van der Waals surface area (Å²) in [7, 11) is 0. The predicted octanol–water partition coefficient (Wildman–Crippen LogP) is 2.61. The summed E-state index contributed by atoms with van der Waals surface area (Å²) >= 11 is 0. The van der Waals surface area contributed by atoms with E-state index in [1.54, 1.807) is 6.20 Å². The molecule has 0 spiro atoms. The first-order chi connectivity index (χ1) is 7.65. The molecule has 5 heteroatoms. The zero-order valence-corrected chi connectivity index (χ0v) is 8.72. The smallest absolute Gasteiger partial charge is 0.160 e. The molecule has 84 valence electrons. The Balaban J connectivity index is 2.02. The van der Waals surface area contributed by atoms with Gasteiger partial charge in [-0.15, -0.1) is 0 Å². The van der Waals surface area contributed by atoms with Crippen molar-refractivity contribution in [2.24, 2.45) is 0 Å². The van der Waals surface area contributed by atoms with Crippen LogP contribution >= 0.6 is 0 Å². The van der Waals surface area contributed by atoms with E-state index >= 15 is 0 Å². The van der Waals surface area contributed by atoms with Crippen LogP contribution in [0, 0.1) is 18.6 Å². The molecular formula is C11H11F2N3. The van der Waals surface area contributed by atoms with Gasteiger partial charge in [-0.2, -0.15) is 0 Å². The van der Waals surface area contributed by atoms with E-state index in [4.69, 9.17) is 0 Å². The molecule has 0 fully saturated rings. The van der Waals surface area contributed by atoms with Crippen molar-refractivity contribution in [1.82, 2.24) is 9.97 Å². The number of nitrogens with one attached hydrogen (secondary N) is 2. The van der Waals surface area contributed by atoms with Gasteiger partial charge in [-0.1, -0.05) is 0 Å². The molecule has 0 aliphatic rings. The lowest BCUT2D eigenvalue weighted by Gasteiger charge is -2.04. The number of aromatic nitrogens is 2. The number of nitrogens with zero attached hydrogens (tertiary/aromatic N) is 1. The summed E-state index contributed by atoms with van der Waals surface area (Å²) < 4.78 is 25.5. The van der Waals surface area contributed by atoms with Crippen molar-refractivity contribution < 1.29 is 8.78 Å². The lowest BCUT2D eigenvalue weighted by Crippen LogP contribution is -2.00. The molecule has 3 nitrogen and oxygen atoms in total. The van der Waals surface area contributed by atoms with E-state index in [0.29, 0.717) is 12.2 Å². The lowest BCUT2D eigenvalue weighted by molar-refractivity contribution is 0.509. The van der Waals surface area contributed by atoms with Gasteiger partial charge < -0.3 is 10.3 Å². The SMILES string of the molecule is Cc1ncc(CNc2ccc(F)c(F)c2)[nH]1. The number of anilines is 1. The molecular weight excluding hydrogens is 212 g/mol. The molecule has 2 N–H and O–H groups in total. The molecule has 2 rings (SSSR count). The summed E-state index contributed by atoms with van der Waals surface area (Å²) in [5, 5.41) is 2.96. The normalized spacial score (nSPS) is 10.4. The minimum atomic E-state index is -0.856. The maximum Gasteiger partial charge on any atom is 0.160 e. The Kier molecular flexibility index (Phi) is 2.85. The molecule has 0 saturated heterocycles. The molecule has 1 aromatic carbocycles. The van der Waals surface area contributed by atoms with Gasteiger partial charge in [0.1, 0.15) is 5.82 Å². The van der Waals surface area contributed by atoms with Crippen molar-refractivity contribution in [3.63, 3.8) is 0 Å². The van der Waals surface area contributed by atoms with Crippen LogP contribution < -0.4 is 5.32 Å². The molecule has 0 bridgehead atoms. The molecule has 1 aromatic heterocycles. The lowest BCUT2D eigenvalue weighted by atomic mass is 10.3. The minimum absolute atomic E-state index is 0.492. The highest BCUT2D eigenvalue weighted by Gasteiger charge is 2.02. The van der Waals surface area contributed by atoms with Crippen molar-refractivity contribution in [3.05, 3.63) is 47.5 Å². The quantitative estimate of drug-likeness (QED) is 0.839. The van der Waals surface area contributed by atoms with E-state index in [9.17, 15) is 8.78 Å². The average Bonchev–Trinajstić information content (AvgIpc) is 2.66. The van der Waals surface area contributed by atoms with Crippen LogP contribution in [0.2, 0.25) is 0 Å². The fourth-order valence-electron chi connectivity index (χ4n) is 1.36. The number of hydrogen-bond acceptors (Lipinski definition) is 2. The van der Waals surface area contributed by atoms with Crippen LogP contribution in [-0.2, 0) is 6.54 Å². The molecule has 0 aliphatic carbocycles. The predicted molar refractivity (Wildman–Crippen MR) is 57.0 cm³/mol. The number of aryl methyl sites for hydroxylation is 1. The van der Waals surface area contributed by atoms with Gasteiger partial charge in [-0.3, -0.25) is 0 Å². The van der Waals surface area contributed by atoms with Crippen LogP contribution in [0.25, 0.3) is 0 Å². The number of halogens is 2. The summed E-state index contributed by atoms with van der Waals surface area (Å²) in [6.45, 7) is 2.34. The third-order valence-corrected chi connectivity index (χ3v) is 2.16. The monoisotopic (exact) mass is 223 g/mol. The van der Waals surface area contributed by atoms with Crippen molar-refractivity contribution in [2.75, 3.05) is 5.32 Å². The molecule has 0 amide bonds. The zero-order valence-electron chi connectivity index (χ0n) is 8.72. The average molecular weight is 223 g/mol. The van der Waals surface area contributed by atoms with Gasteiger partial charge in [0.15, 0.2) is 11.6 Å². The molecule has 0 saturated carbocycles. The van der Waals surface area contributed by atoms with Gasteiger partial charge in [0, 0.05) is 11.8 Å². The second-order valence-corrected chi connectivity index (χ2v) is 3.48. The molecule has 0 radical (unpaired) electrons. The summed E-state index contributed by atoms with van der Waals surface area (Å²) in [6.07, 6.45) is 1.70. The largest absolute Gasteiger partial charge is 0.379 e. The van der Waals surface area contributed by atoms with Crippen LogP contribution in [0.3, 0.4) is 0 Å². The Hall–Kier alpha value is -1.91. The highest BCUT2D eigenvalue weighted by Crippen LogP contribution is 2.13. The van der Waals surface area contributed by atoms with Gasteiger partial charge in [-0.05, 0) is 19.1 Å². The highest BCUT2D eigenvalue weighted by molar-refractivity contribution is 5.43. The van der Waals surface area contributed by atoms with Gasteiger partial charge >= 0.3 is 0 Å². The number of benzene rings is 1. The van der Waals surface area contributed by atoms with Gasteiger partial charge in [0.25, 0.3) is 0 Å². The minimum Gasteiger partial charge on any atom is -0.379 e.